The molecule has 2 aliphatic carbocycles. The van der Waals surface area contributed by atoms with E-state index in [1.807, 2.05) is 0 Å². The second-order valence-corrected chi connectivity index (χ2v) is 11.0. The Kier molecular flexibility index (Phi) is 10.7. The molecule has 4 atom stereocenters. The Hall–Kier alpha value is -2.14. The Morgan fingerprint density at radius 3 is 1.20 bits per heavy atom. The number of alkyl halides is 6. The normalized spacial score (nSPS) is 27.6. The highest BCUT2D eigenvalue weighted by Crippen LogP contribution is 2.42. The van der Waals surface area contributed by atoms with Gasteiger partial charge in [-0.1, -0.05) is 49.9 Å². The zero-order valence-electron chi connectivity index (χ0n) is 23.0. The largest absolute Gasteiger partial charge is 0.416 e. The molecule has 0 bridgehead atoms. The molecule has 0 unspecified atom stereocenters. The molecule has 4 rings (SSSR count). The summed E-state index contributed by atoms with van der Waals surface area (Å²) in [6.07, 6.45) is -2.78. The van der Waals surface area contributed by atoms with Crippen molar-refractivity contribution in [2.75, 3.05) is 27.2 Å². The first-order valence-electron chi connectivity index (χ1n) is 13.8. The van der Waals surface area contributed by atoms with Gasteiger partial charge in [-0.25, -0.2) is 0 Å². The Bertz CT molecular complexity index is 964. The fourth-order valence-corrected chi connectivity index (χ4v) is 6.35. The van der Waals surface area contributed by atoms with Gasteiger partial charge in [-0.3, -0.25) is 0 Å². The molecule has 2 aromatic rings. The van der Waals surface area contributed by atoms with Gasteiger partial charge in [0.05, 0.1) is 23.3 Å². The van der Waals surface area contributed by atoms with Gasteiger partial charge >= 0.3 is 12.4 Å². The topological polar surface area (TPSA) is 64.5 Å². The lowest BCUT2D eigenvalue weighted by Gasteiger charge is -2.42. The highest BCUT2D eigenvalue weighted by Gasteiger charge is 2.42. The summed E-state index contributed by atoms with van der Waals surface area (Å²) in [5.74, 6) is 0. The van der Waals surface area contributed by atoms with E-state index >= 15 is 0 Å². The van der Waals surface area contributed by atoms with Crippen LogP contribution >= 0.6 is 0 Å². The van der Waals surface area contributed by atoms with Crippen molar-refractivity contribution in [1.82, 2.24) is 10.6 Å². The molecular weight excluding hydrogens is 534 g/mol. The van der Waals surface area contributed by atoms with Crippen LogP contribution in [0.25, 0.3) is 0 Å². The lowest BCUT2D eigenvalue weighted by molar-refractivity contribution is -0.138. The van der Waals surface area contributed by atoms with Crippen LogP contribution < -0.4 is 10.6 Å². The summed E-state index contributed by atoms with van der Waals surface area (Å²) in [6, 6.07) is 10.5. The number of nitrogens with one attached hydrogen (secondary N) is 2. The van der Waals surface area contributed by atoms with E-state index < -0.39 is 46.5 Å². The molecule has 2 aromatic carbocycles. The van der Waals surface area contributed by atoms with Crippen molar-refractivity contribution in [3.05, 3.63) is 70.8 Å². The van der Waals surface area contributed by atoms with E-state index in [0.717, 1.165) is 73.9 Å². The van der Waals surface area contributed by atoms with Gasteiger partial charge in [-0.15, -0.1) is 0 Å². The van der Waals surface area contributed by atoms with Gasteiger partial charge in [-0.2, -0.15) is 26.3 Å². The quantitative estimate of drug-likeness (QED) is 0.311. The first-order chi connectivity index (χ1) is 18.8. The third kappa shape index (κ3) is 7.19. The Balaban J connectivity index is 0.000000220. The molecule has 4 nitrogen and oxygen atoms in total. The van der Waals surface area contributed by atoms with Gasteiger partial charge in [0.2, 0.25) is 0 Å². The number of halogens is 6. The molecule has 0 amide bonds. The van der Waals surface area contributed by atoms with Crippen molar-refractivity contribution in [1.29, 1.82) is 0 Å². The van der Waals surface area contributed by atoms with Crippen molar-refractivity contribution >= 4 is 0 Å². The van der Waals surface area contributed by atoms with E-state index in [1.54, 1.807) is 14.1 Å². The maximum Gasteiger partial charge on any atom is 0.416 e. The number of hydrogen-bond acceptors (Lipinski definition) is 4. The van der Waals surface area contributed by atoms with Crippen molar-refractivity contribution in [3.8, 4) is 0 Å². The number of aliphatic hydroxyl groups is 2. The minimum atomic E-state index is -4.32. The highest BCUT2D eigenvalue weighted by atomic mass is 19.4. The monoisotopic (exact) mass is 574 g/mol. The maximum absolute atomic E-state index is 12.6. The number of aliphatic hydroxyl groups excluding tert-OH is 2. The summed E-state index contributed by atoms with van der Waals surface area (Å²) in [6.45, 7) is 1.14. The molecule has 4 N–H and O–H groups in total. The SMILES string of the molecule is CNC[C@@]1(c2ccc(C(F)(F)F)cc2)CCCC[C@@H]1O.CNC[C@]1(c2ccc(C(F)(F)F)cc2)CCCC[C@H]1O. The molecule has 10 heteroatoms. The predicted octanol–water partition coefficient (Wildman–Crippen LogP) is 6.20. The van der Waals surface area contributed by atoms with E-state index in [0.29, 0.717) is 25.9 Å². The van der Waals surface area contributed by atoms with Crippen molar-refractivity contribution < 1.29 is 36.6 Å². The Morgan fingerprint density at radius 2 is 0.950 bits per heavy atom. The minimum absolute atomic E-state index is 0.475. The predicted molar refractivity (Wildman–Crippen MR) is 143 cm³/mol. The van der Waals surface area contributed by atoms with Gasteiger partial charge < -0.3 is 20.8 Å². The molecular formula is C30H40F6N2O2. The van der Waals surface area contributed by atoms with Gasteiger partial charge in [0.15, 0.2) is 0 Å². The molecule has 0 aromatic heterocycles. The summed E-state index contributed by atoms with van der Waals surface area (Å²) in [4.78, 5) is 0. The second-order valence-electron chi connectivity index (χ2n) is 11.0. The summed E-state index contributed by atoms with van der Waals surface area (Å²) in [5.41, 5.74) is -0.676. The first kappa shape index (κ1) is 32.4. The molecule has 40 heavy (non-hydrogen) atoms. The van der Waals surface area contributed by atoms with Crippen LogP contribution in [0.4, 0.5) is 26.3 Å². The lowest BCUT2D eigenvalue weighted by atomic mass is 9.67. The number of rotatable bonds is 6. The van der Waals surface area contributed by atoms with Crippen LogP contribution in [0.3, 0.4) is 0 Å². The molecule has 2 fully saturated rings. The van der Waals surface area contributed by atoms with Crippen LogP contribution in [0.2, 0.25) is 0 Å². The standard InChI is InChI=1S/2C15H20F3NO/c2*1-19-10-14(9-3-2-4-13(14)20)11-5-7-12(8-6-11)15(16,17)18/h2*5-8,13,19-20H,2-4,9-10H2,1H3/t2*13-,14+/m10/s1. The van der Waals surface area contributed by atoms with Crippen LogP contribution in [0.15, 0.2) is 48.5 Å². The third-order valence-electron chi connectivity index (χ3n) is 8.54. The number of benzene rings is 2. The summed E-state index contributed by atoms with van der Waals surface area (Å²) in [7, 11) is 3.60. The third-order valence-corrected chi connectivity index (χ3v) is 8.54. The molecule has 224 valence electrons. The Morgan fingerprint density at radius 1 is 0.625 bits per heavy atom. The summed E-state index contributed by atoms with van der Waals surface area (Å²) >= 11 is 0. The minimum Gasteiger partial charge on any atom is -0.392 e. The highest BCUT2D eigenvalue weighted by molar-refractivity contribution is 5.34. The van der Waals surface area contributed by atoms with E-state index in [1.165, 1.54) is 24.3 Å². The van der Waals surface area contributed by atoms with Crippen LogP contribution in [-0.4, -0.2) is 49.6 Å². The van der Waals surface area contributed by atoms with Crippen molar-refractivity contribution in [3.63, 3.8) is 0 Å². The van der Waals surface area contributed by atoms with Crippen LogP contribution in [0, 0.1) is 0 Å². The van der Waals surface area contributed by atoms with E-state index in [-0.39, 0.29) is 0 Å². The van der Waals surface area contributed by atoms with E-state index in [2.05, 4.69) is 10.6 Å². The first-order valence-corrected chi connectivity index (χ1v) is 13.8. The van der Waals surface area contributed by atoms with E-state index in [4.69, 9.17) is 0 Å². The zero-order chi connectivity index (χ0) is 29.6. The maximum atomic E-state index is 12.6. The van der Waals surface area contributed by atoms with Crippen molar-refractivity contribution in [2.24, 2.45) is 0 Å². The molecule has 2 aliphatic rings. The number of hydrogen-bond donors (Lipinski definition) is 4. The second kappa shape index (κ2) is 13.2. The molecule has 2 saturated carbocycles. The Labute approximate surface area is 232 Å². The van der Waals surface area contributed by atoms with Gasteiger partial charge in [0, 0.05) is 23.9 Å². The van der Waals surface area contributed by atoms with Crippen LogP contribution in [-0.2, 0) is 23.2 Å². The average Bonchev–Trinajstić information content (AvgIpc) is 2.91. The molecule has 0 saturated heterocycles. The zero-order valence-corrected chi connectivity index (χ0v) is 23.0. The van der Waals surface area contributed by atoms with Crippen LogP contribution in [0.5, 0.6) is 0 Å². The summed E-state index contributed by atoms with van der Waals surface area (Å²) < 4.78 is 75.7. The van der Waals surface area contributed by atoms with E-state index in [9.17, 15) is 36.6 Å². The average molecular weight is 575 g/mol. The van der Waals surface area contributed by atoms with Crippen LogP contribution in [0.1, 0.15) is 73.6 Å². The molecule has 0 heterocycles. The molecule has 0 aliphatic heterocycles. The fraction of sp³-hybridized carbons (Fsp3) is 0.600. The van der Waals surface area contributed by atoms with Crippen molar-refractivity contribution in [2.45, 2.75) is 86.8 Å². The van der Waals surface area contributed by atoms with Gasteiger partial charge in [-0.05, 0) is 75.2 Å². The smallest absolute Gasteiger partial charge is 0.392 e. The fourth-order valence-electron chi connectivity index (χ4n) is 6.35. The lowest BCUT2D eigenvalue weighted by Crippen LogP contribution is -2.48. The summed E-state index contributed by atoms with van der Waals surface area (Å²) in [5, 5.41) is 26.9. The van der Waals surface area contributed by atoms with Gasteiger partial charge in [0.25, 0.3) is 0 Å². The molecule has 0 spiro atoms. The number of likely N-dealkylation sites (N-methyl/N-ethyl adjacent to an activating group) is 2. The molecule has 0 radical (unpaired) electrons. The van der Waals surface area contributed by atoms with Gasteiger partial charge in [0.1, 0.15) is 0 Å².